The van der Waals surface area contributed by atoms with Crippen LogP contribution in [0.1, 0.15) is 39.5 Å². The first kappa shape index (κ1) is 13.5. The van der Waals surface area contributed by atoms with Crippen LogP contribution in [-0.2, 0) is 9.53 Å². The zero-order valence-corrected chi connectivity index (χ0v) is 10.2. The minimum absolute atomic E-state index is 0.144. The summed E-state index contributed by atoms with van der Waals surface area (Å²) in [5, 5.41) is 13.0. The van der Waals surface area contributed by atoms with Crippen molar-refractivity contribution in [2.45, 2.75) is 51.7 Å². The van der Waals surface area contributed by atoms with Crippen LogP contribution in [0.4, 0.5) is 0 Å². The van der Waals surface area contributed by atoms with E-state index in [2.05, 4.69) is 5.32 Å². The molecule has 2 N–H and O–H groups in total. The van der Waals surface area contributed by atoms with Crippen LogP contribution >= 0.6 is 0 Å². The number of ether oxygens (including phenoxy) is 1. The van der Waals surface area contributed by atoms with E-state index >= 15 is 0 Å². The van der Waals surface area contributed by atoms with Crippen molar-refractivity contribution in [1.82, 2.24) is 5.32 Å². The predicted molar refractivity (Wildman–Crippen MR) is 62.1 cm³/mol. The van der Waals surface area contributed by atoms with Crippen LogP contribution in [0.3, 0.4) is 0 Å². The Balaban J connectivity index is 2.24. The molecule has 3 unspecified atom stereocenters. The second-order valence-electron chi connectivity index (χ2n) is 4.52. The van der Waals surface area contributed by atoms with Gasteiger partial charge in [0.25, 0.3) is 0 Å². The summed E-state index contributed by atoms with van der Waals surface area (Å²) < 4.78 is 4.93. The standard InChI is InChI=1S/C12H23NO3/c1-3-16-12(15)9(2)8-13-10-6-4-5-7-11(10)14/h9-11,13-14H,3-8H2,1-2H3. The van der Waals surface area contributed by atoms with E-state index in [1.165, 1.54) is 0 Å². The van der Waals surface area contributed by atoms with Crippen molar-refractivity contribution in [3.8, 4) is 0 Å². The molecular weight excluding hydrogens is 206 g/mol. The molecule has 0 aliphatic heterocycles. The lowest BCUT2D eigenvalue weighted by molar-refractivity contribution is -0.147. The molecule has 4 heteroatoms. The Kier molecular flexibility index (Phi) is 5.77. The fourth-order valence-corrected chi connectivity index (χ4v) is 2.05. The number of hydrogen-bond donors (Lipinski definition) is 2. The van der Waals surface area contributed by atoms with E-state index in [-0.39, 0.29) is 24.0 Å². The van der Waals surface area contributed by atoms with E-state index in [0.717, 1.165) is 25.7 Å². The van der Waals surface area contributed by atoms with Crippen molar-refractivity contribution >= 4 is 5.97 Å². The first-order valence-electron chi connectivity index (χ1n) is 6.23. The van der Waals surface area contributed by atoms with Gasteiger partial charge < -0.3 is 15.2 Å². The summed E-state index contributed by atoms with van der Waals surface area (Å²) in [5.74, 6) is -0.311. The molecule has 1 saturated carbocycles. The molecule has 1 aliphatic rings. The molecule has 0 spiro atoms. The third-order valence-corrected chi connectivity index (χ3v) is 3.10. The van der Waals surface area contributed by atoms with E-state index in [0.29, 0.717) is 13.2 Å². The largest absolute Gasteiger partial charge is 0.466 e. The molecule has 94 valence electrons. The van der Waals surface area contributed by atoms with Crippen LogP contribution < -0.4 is 5.32 Å². The molecule has 1 aliphatic carbocycles. The Morgan fingerprint density at radius 3 is 2.81 bits per heavy atom. The number of aliphatic hydroxyl groups is 1. The third kappa shape index (κ3) is 4.10. The zero-order valence-electron chi connectivity index (χ0n) is 10.2. The summed E-state index contributed by atoms with van der Waals surface area (Å²) in [6.45, 7) is 4.67. The highest BCUT2D eigenvalue weighted by Crippen LogP contribution is 2.18. The van der Waals surface area contributed by atoms with Gasteiger partial charge >= 0.3 is 5.97 Å². The van der Waals surface area contributed by atoms with E-state index in [1.807, 2.05) is 13.8 Å². The maximum absolute atomic E-state index is 11.4. The van der Waals surface area contributed by atoms with Crippen LogP contribution in [0, 0.1) is 5.92 Å². The van der Waals surface area contributed by atoms with Crippen molar-refractivity contribution in [3.05, 3.63) is 0 Å². The molecule has 0 aromatic carbocycles. The molecular formula is C12H23NO3. The lowest BCUT2D eigenvalue weighted by atomic mass is 9.92. The number of rotatable bonds is 5. The topological polar surface area (TPSA) is 58.6 Å². The summed E-state index contributed by atoms with van der Waals surface area (Å²) >= 11 is 0. The summed E-state index contributed by atoms with van der Waals surface area (Å²) in [6, 6.07) is 0.144. The summed E-state index contributed by atoms with van der Waals surface area (Å²) in [5.41, 5.74) is 0. The van der Waals surface area contributed by atoms with Gasteiger partial charge in [-0.3, -0.25) is 4.79 Å². The third-order valence-electron chi connectivity index (χ3n) is 3.10. The Morgan fingerprint density at radius 2 is 2.19 bits per heavy atom. The van der Waals surface area contributed by atoms with Gasteiger partial charge in [0.05, 0.1) is 18.6 Å². The van der Waals surface area contributed by atoms with Crippen molar-refractivity contribution in [2.24, 2.45) is 5.92 Å². The second-order valence-corrected chi connectivity index (χ2v) is 4.52. The fraction of sp³-hybridized carbons (Fsp3) is 0.917. The molecule has 3 atom stereocenters. The second kappa shape index (κ2) is 6.86. The molecule has 0 aromatic rings. The Labute approximate surface area is 97.4 Å². The first-order valence-corrected chi connectivity index (χ1v) is 6.23. The zero-order chi connectivity index (χ0) is 12.0. The normalized spacial score (nSPS) is 27.4. The Hall–Kier alpha value is -0.610. The molecule has 0 bridgehead atoms. The molecule has 1 fully saturated rings. The summed E-state index contributed by atoms with van der Waals surface area (Å²) in [6.07, 6.45) is 3.86. The monoisotopic (exact) mass is 229 g/mol. The van der Waals surface area contributed by atoms with E-state index in [4.69, 9.17) is 4.74 Å². The molecule has 0 heterocycles. The van der Waals surface area contributed by atoms with Gasteiger partial charge in [-0.15, -0.1) is 0 Å². The van der Waals surface area contributed by atoms with Gasteiger partial charge in [-0.2, -0.15) is 0 Å². The number of esters is 1. The van der Waals surface area contributed by atoms with E-state index in [1.54, 1.807) is 0 Å². The molecule has 0 aromatic heterocycles. The highest BCUT2D eigenvalue weighted by Gasteiger charge is 2.24. The average molecular weight is 229 g/mol. The number of hydrogen-bond acceptors (Lipinski definition) is 4. The molecule has 16 heavy (non-hydrogen) atoms. The van der Waals surface area contributed by atoms with Crippen molar-refractivity contribution in [1.29, 1.82) is 0 Å². The van der Waals surface area contributed by atoms with Gasteiger partial charge in [0, 0.05) is 12.6 Å². The lowest BCUT2D eigenvalue weighted by Crippen LogP contribution is -2.44. The molecule has 0 radical (unpaired) electrons. The predicted octanol–water partition coefficient (Wildman–Crippen LogP) is 1.08. The van der Waals surface area contributed by atoms with Gasteiger partial charge in [0.15, 0.2) is 0 Å². The van der Waals surface area contributed by atoms with Gasteiger partial charge in [-0.05, 0) is 19.8 Å². The number of carbonyl (C=O) groups excluding carboxylic acids is 1. The van der Waals surface area contributed by atoms with Gasteiger partial charge in [0.2, 0.25) is 0 Å². The number of nitrogens with one attached hydrogen (secondary N) is 1. The van der Waals surface area contributed by atoms with Crippen LogP contribution in [0.25, 0.3) is 0 Å². The molecule has 0 amide bonds. The molecule has 4 nitrogen and oxygen atoms in total. The molecule has 0 saturated heterocycles. The lowest BCUT2D eigenvalue weighted by Gasteiger charge is -2.29. The number of aliphatic hydroxyl groups excluding tert-OH is 1. The van der Waals surface area contributed by atoms with E-state index < -0.39 is 0 Å². The van der Waals surface area contributed by atoms with Crippen LogP contribution in [0.5, 0.6) is 0 Å². The van der Waals surface area contributed by atoms with Gasteiger partial charge in [0.1, 0.15) is 0 Å². The summed E-state index contributed by atoms with van der Waals surface area (Å²) in [7, 11) is 0. The average Bonchev–Trinajstić information content (AvgIpc) is 2.28. The van der Waals surface area contributed by atoms with Crippen molar-refractivity contribution in [2.75, 3.05) is 13.2 Å². The van der Waals surface area contributed by atoms with Crippen molar-refractivity contribution < 1.29 is 14.6 Å². The Bertz CT molecular complexity index is 220. The van der Waals surface area contributed by atoms with Gasteiger partial charge in [-0.1, -0.05) is 19.8 Å². The van der Waals surface area contributed by atoms with Crippen LogP contribution in [-0.4, -0.2) is 36.4 Å². The SMILES string of the molecule is CCOC(=O)C(C)CNC1CCCCC1O. The van der Waals surface area contributed by atoms with Gasteiger partial charge in [-0.25, -0.2) is 0 Å². The number of carbonyl (C=O) groups is 1. The Morgan fingerprint density at radius 1 is 1.50 bits per heavy atom. The fourth-order valence-electron chi connectivity index (χ4n) is 2.05. The minimum atomic E-state index is -0.261. The highest BCUT2D eigenvalue weighted by atomic mass is 16.5. The summed E-state index contributed by atoms with van der Waals surface area (Å²) in [4.78, 5) is 11.4. The quantitative estimate of drug-likeness (QED) is 0.693. The van der Waals surface area contributed by atoms with E-state index in [9.17, 15) is 9.90 Å². The maximum atomic E-state index is 11.4. The van der Waals surface area contributed by atoms with Crippen LogP contribution in [0.15, 0.2) is 0 Å². The van der Waals surface area contributed by atoms with Crippen molar-refractivity contribution in [3.63, 3.8) is 0 Å². The van der Waals surface area contributed by atoms with Crippen LogP contribution in [0.2, 0.25) is 0 Å². The highest BCUT2D eigenvalue weighted by molar-refractivity contribution is 5.72. The smallest absolute Gasteiger partial charge is 0.309 e. The first-order chi connectivity index (χ1) is 7.65. The molecule has 1 rings (SSSR count). The maximum Gasteiger partial charge on any atom is 0.309 e. The minimum Gasteiger partial charge on any atom is -0.466 e.